The number of sulfonamides is 1. The number of aryl methyl sites for hydroxylation is 1. The van der Waals surface area contributed by atoms with Crippen molar-refractivity contribution in [3.05, 3.63) is 35.4 Å². The summed E-state index contributed by atoms with van der Waals surface area (Å²) in [4.78, 5) is 1.78. The maximum Gasteiger partial charge on any atom is 0.228 e. The van der Waals surface area contributed by atoms with E-state index in [4.69, 9.17) is 5.84 Å². The van der Waals surface area contributed by atoms with E-state index in [0.29, 0.717) is 0 Å². The van der Waals surface area contributed by atoms with E-state index in [1.807, 2.05) is 25.1 Å². The molecule has 1 aromatic rings. The fraction of sp³-hybridized carbons (Fsp3) is 0.250. The van der Waals surface area contributed by atoms with Crippen LogP contribution in [-0.2, 0) is 15.8 Å². The van der Waals surface area contributed by atoms with E-state index in [1.54, 1.807) is 10.9 Å². The Morgan fingerprint density at radius 3 is 2.69 bits per heavy atom. The second-order valence-electron chi connectivity index (χ2n) is 2.87. The minimum Gasteiger partial charge on any atom is -0.258 e. The van der Waals surface area contributed by atoms with Gasteiger partial charge in [-0.2, -0.15) is 4.83 Å². The van der Waals surface area contributed by atoms with Gasteiger partial charge < -0.3 is 0 Å². The van der Waals surface area contributed by atoms with Gasteiger partial charge in [-0.05, 0) is 12.5 Å². The van der Waals surface area contributed by atoms with Crippen molar-refractivity contribution >= 4 is 10.0 Å². The third-order valence-corrected chi connectivity index (χ3v) is 2.69. The zero-order valence-corrected chi connectivity index (χ0v) is 8.14. The Kier molecular flexibility index (Phi) is 3.02. The van der Waals surface area contributed by atoms with Gasteiger partial charge in [0.1, 0.15) is 0 Å². The molecule has 3 N–H and O–H groups in total. The van der Waals surface area contributed by atoms with Gasteiger partial charge in [0.2, 0.25) is 10.0 Å². The van der Waals surface area contributed by atoms with Crippen LogP contribution in [0.15, 0.2) is 24.3 Å². The first-order chi connectivity index (χ1) is 6.03. The number of hydrogen-bond donors (Lipinski definition) is 2. The molecule has 0 aromatic heterocycles. The largest absolute Gasteiger partial charge is 0.258 e. The molecule has 0 aliphatic carbocycles. The van der Waals surface area contributed by atoms with Crippen molar-refractivity contribution in [3.8, 4) is 0 Å². The summed E-state index contributed by atoms with van der Waals surface area (Å²) in [5.41, 5.74) is 1.77. The average molecular weight is 200 g/mol. The van der Waals surface area contributed by atoms with Gasteiger partial charge in [0, 0.05) is 0 Å². The first-order valence-corrected chi connectivity index (χ1v) is 5.44. The molecule has 13 heavy (non-hydrogen) atoms. The van der Waals surface area contributed by atoms with Crippen LogP contribution in [0.25, 0.3) is 0 Å². The molecular formula is C8H12N2O2S. The highest BCUT2D eigenvalue weighted by Crippen LogP contribution is 2.06. The first kappa shape index (κ1) is 10.2. The zero-order chi connectivity index (χ0) is 9.90. The summed E-state index contributed by atoms with van der Waals surface area (Å²) in [6, 6.07) is 7.29. The van der Waals surface area contributed by atoms with E-state index < -0.39 is 10.0 Å². The van der Waals surface area contributed by atoms with Gasteiger partial charge in [-0.25, -0.2) is 8.42 Å². The molecule has 0 unspecified atom stereocenters. The second kappa shape index (κ2) is 3.87. The molecule has 0 bridgehead atoms. The highest BCUT2D eigenvalue weighted by Gasteiger charge is 2.08. The number of rotatable bonds is 3. The Hall–Kier alpha value is -0.910. The quantitative estimate of drug-likeness (QED) is 0.544. The molecule has 0 saturated carbocycles. The van der Waals surface area contributed by atoms with Gasteiger partial charge in [-0.3, -0.25) is 5.84 Å². The fourth-order valence-electron chi connectivity index (χ4n) is 1.06. The first-order valence-electron chi connectivity index (χ1n) is 3.79. The van der Waals surface area contributed by atoms with Crippen molar-refractivity contribution in [1.29, 1.82) is 0 Å². The summed E-state index contributed by atoms with van der Waals surface area (Å²) in [7, 11) is -3.36. The smallest absolute Gasteiger partial charge is 0.228 e. The van der Waals surface area contributed by atoms with Gasteiger partial charge in [0.25, 0.3) is 0 Å². The number of hydrazine groups is 1. The summed E-state index contributed by atoms with van der Waals surface area (Å²) in [6.45, 7) is 1.91. The van der Waals surface area contributed by atoms with Crippen molar-refractivity contribution in [2.24, 2.45) is 5.84 Å². The fourth-order valence-corrected chi connectivity index (χ4v) is 1.76. The van der Waals surface area contributed by atoms with Gasteiger partial charge in [0.05, 0.1) is 5.75 Å². The Morgan fingerprint density at radius 2 is 2.15 bits per heavy atom. The average Bonchev–Trinajstić information content (AvgIpc) is 2.03. The van der Waals surface area contributed by atoms with Crippen LogP contribution in [0.1, 0.15) is 11.1 Å². The van der Waals surface area contributed by atoms with Crippen LogP contribution in [0.4, 0.5) is 0 Å². The Labute approximate surface area is 77.8 Å². The molecule has 0 saturated heterocycles. The molecule has 0 radical (unpaired) electrons. The second-order valence-corrected chi connectivity index (χ2v) is 4.62. The molecule has 0 aliphatic heterocycles. The van der Waals surface area contributed by atoms with Crippen molar-refractivity contribution in [3.63, 3.8) is 0 Å². The monoisotopic (exact) mass is 200 g/mol. The van der Waals surface area contributed by atoms with E-state index in [0.717, 1.165) is 11.1 Å². The number of benzene rings is 1. The Balaban J connectivity index is 2.87. The summed E-state index contributed by atoms with van der Waals surface area (Å²) in [5.74, 6) is 4.78. The van der Waals surface area contributed by atoms with E-state index in [1.165, 1.54) is 0 Å². The lowest BCUT2D eigenvalue weighted by Crippen LogP contribution is -2.31. The molecule has 4 nitrogen and oxygen atoms in total. The lowest BCUT2D eigenvalue weighted by Gasteiger charge is -2.02. The number of nitrogens with one attached hydrogen (secondary N) is 1. The van der Waals surface area contributed by atoms with E-state index in [9.17, 15) is 8.42 Å². The predicted molar refractivity (Wildman–Crippen MR) is 51.1 cm³/mol. The summed E-state index contributed by atoms with van der Waals surface area (Å²) < 4.78 is 22.1. The molecule has 0 aliphatic rings. The van der Waals surface area contributed by atoms with E-state index in [-0.39, 0.29) is 5.75 Å². The number of nitrogens with two attached hydrogens (primary N) is 1. The third-order valence-electron chi connectivity index (χ3n) is 1.62. The molecular weight excluding hydrogens is 188 g/mol. The molecule has 72 valence electrons. The molecule has 5 heteroatoms. The summed E-state index contributed by atoms with van der Waals surface area (Å²) in [5, 5.41) is 0. The van der Waals surface area contributed by atoms with Crippen molar-refractivity contribution in [2.45, 2.75) is 12.7 Å². The number of hydrogen-bond acceptors (Lipinski definition) is 3. The standard InChI is InChI=1S/C8H12N2O2S/c1-7-3-2-4-8(5-7)6-13(11,12)10-9/h2-5,10H,6,9H2,1H3. The highest BCUT2D eigenvalue weighted by atomic mass is 32.2. The molecule has 0 fully saturated rings. The topological polar surface area (TPSA) is 72.2 Å². The lowest BCUT2D eigenvalue weighted by atomic mass is 10.2. The van der Waals surface area contributed by atoms with Crippen molar-refractivity contribution in [1.82, 2.24) is 4.83 Å². The van der Waals surface area contributed by atoms with Crippen LogP contribution >= 0.6 is 0 Å². The van der Waals surface area contributed by atoms with E-state index >= 15 is 0 Å². The zero-order valence-electron chi connectivity index (χ0n) is 7.32. The van der Waals surface area contributed by atoms with Gasteiger partial charge in [-0.15, -0.1) is 0 Å². The maximum atomic E-state index is 11.0. The predicted octanol–water partition coefficient (Wildman–Crippen LogP) is 0.288. The van der Waals surface area contributed by atoms with Gasteiger partial charge >= 0.3 is 0 Å². The third kappa shape index (κ3) is 3.14. The van der Waals surface area contributed by atoms with Crippen LogP contribution in [0.3, 0.4) is 0 Å². The highest BCUT2D eigenvalue weighted by molar-refractivity contribution is 7.88. The molecule has 0 atom stereocenters. The van der Waals surface area contributed by atoms with E-state index in [2.05, 4.69) is 0 Å². The van der Waals surface area contributed by atoms with Crippen LogP contribution < -0.4 is 10.7 Å². The minimum absolute atomic E-state index is 0.0782. The van der Waals surface area contributed by atoms with Gasteiger partial charge in [-0.1, -0.05) is 29.8 Å². The van der Waals surface area contributed by atoms with Crippen LogP contribution in [0, 0.1) is 6.92 Å². The molecule has 1 rings (SSSR count). The summed E-state index contributed by atoms with van der Waals surface area (Å²) in [6.07, 6.45) is 0. The lowest BCUT2D eigenvalue weighted by molar-refractivity contribution is 0.583. The van der Waals surface area contributed by atoms with Crippen LogP contribution in [0.2, 0.25) is 0 Å². The Morgan fingerprint density at radius 1 is 1.46 bits per heavy atom. The SMILES string of the molecule is Cc1cccc(CS(=O)(=O)NN)c1. The molecule has 0 amide bonds. The molecule has 0 spiro atoms. The normalized spacial score (nSPS) is 11.5. The van der Waals surface area contributed by atoms with Gasteiger partial charge in [0.15, 0.2) is 0 Å². The summed E-state index contributed by atoms with van der Waals surface area (Å²) >= 11 is 0. The molecule has 1 aromatic carbocycles. The Bertz CT molecular complexity index is 387. The van der Waals surface area contributed by atoms with Crippen LogP contribution in [-0.4, -0.2) is 8.42 Å². The van der Waals surface area contributed by atoms with Crippen molar-refractivity contribution in [2.75, 3.05) is 0 Å². The molecule has 0 heterocycles. The van der Waals surface area contributed by atoms with Crippen LogP contribution in [0.5, 0.6) is 0 Å². The minimum atomic E-state index is -3.36. The maximum absolute atomic E-state index is 11.0. The van der Waals surface area contributed by atoms with Crippen molar-refractivity contribution < 1.29 is 8.42 Å².